The topological polar surface area (TPSA) is 110 Å². The van der Waals surface area contributed by atoms with Gasteiger partial charge in [0, 0.05) is 10.8 Å². The molecule has 4 aromatic rings. The van der Waals surface area contributed by atoms with Gasteiger partial charge in [-0.3, -0.25) is 10.2 Å². The van der Waals surface area contributed by atoms with E-state index >= 15 is 0 Å². The standard InChI is InChI=1S/C9H7BrN2O2.C9H8N2O2/c1-14-9(13)5-2-3-6-7(4-5)11-12-8(6)10;1-13-9(12)6-2-3-7-5-10-11-8(7)4-6/h2-4H,1H3,(H,11,12);2-5H,1H3,(H,10,11). The van der Waals surface area contributed by atoms with E-state index < -0.39 is 0 Å². The zero-order valence-electron chi connectivity index (χ0n) is 14.4. The quantitative estimate of drug-likeness (QED) is 0.471. The van der Waals surface area contributed by atoms with Crippen LogP contribution in [-0.4, -0.2) is 46.6 Å². The number of halogens is 1. The molecule has 0 radical (unpaired) electrons. The maximum Gasteiger partial charge on any atom is 0.337 e. The van der Waals surface area contributed by atoms with Gasteiger partial charge in [0.05, 0.1) is 42.6 Å². The van der Waals surface area contributed by atoms with E-state index in [0.717, 1.165) is 26.4 Å². The molecule has 0 bridgehead atoms. The van der Waals surface area contributed by atoms with Crippen LogP contribution in [0.15, 0.2) is 47.2 Å². The second-order valence-electron chi connectivity index (χ2n) is 5.42. The van der Waals surface area contributed by atoms with Gasteiger partial charge in [0.15, 0.2) is 0 Å². The molecule has 0 saturated heterocycles. The van der Waals surface area contributed by atoms with Crippen LogP contribution in [0.25, 0.3) is 21.8 Å². The molecule has 0 unspecified atom stereocenters. The summed E-state index contributed by atoms with van der Waals surface area (Å²) in [7, 11) is 2.71. The largest absolute Gasteiger partial charge is 0.465 e. The number of aromatic amines is 2. The summed E-state index contributed by atoms with van der Waals surface area (Å²) in [6.45, 7) is 0. The van der Waals surface area contributed by atoms with Crippen LogP contribution in [0.5, 0.6) is 0 Å². The first kappa shape index (κ1) is 18.6. The Morgan fingerprint density at radius 3 is 2.33 bits per heavy atom. The third-order valence-corrected chi connectivity index (χ3v) is 4.40. The van der Waals surface area contributed by atoms with Gasteiger partial charge in [-0.15, -0.1) is 0 Å². The highest BCUT2D eigenvalue weighted by Gasteiger charge is 2.09. The van der Waals surface area contributed by atoms with Crippen LogP contribution in [0.3, 0.4) is 0 Å². The highest BCUT2D eigenvalue weighted by atomic mass is 79.9. The number of ether oxygens (including phenoxy) is 2. The fourth-order valence-electron chi connectivity index (χ4n) is 2.41. The second kappa shape index (κ2) is 8.00. The molecular formula is C18H15BrN4O4. The predicted molar refractivity (Wildman–Crippen MR) is 103 cm³/mol. The van der Waals surface area contributed by atoms with Crippen LogP contribution in [0.2, 0.25) is 0 Å². The molecular weight excluding hydrogens is 416 g/mol. The van der Waals surface area contributed by atoms with Crippen molar-refractivity contribution in [2.75, 3.05) is 14.2 Å². The van der Waals surface area contributed by atoms with Crippen molar-refractivity contribution in [1.29, 1.82) is 0 Å². The van der Waals surface area contributed by atoms with Gasteiger partial charge in [-0.1, -0.05) is 6.07 Å². The molecule has 138 valence electrons. The fraction of sp³-hybridized carbons (Fsp3) is 0.111. The van der Waals surface area contributed by atoms with Crippen molar-refractivity contribution in [2.24, 2.45) is 0 Å². The molecule has 0 aliphatic heterocycles. The van der Waals surface area contributed by atoms with E-state index in [0.29, 0.717) is 11.1 Å². The van der Waals surface area contributed by atoms with Crippen molar-refractivity contribution >= 4 is 49.7 Å². The zero-order valence-corrected chi connectivity index (χ0v) is 16.0. The lowest BCUT2D eigenvalue weighted by atomic mass is 10.2. The zero-order chi connectivity index (χ0) is 19.4. The average Bonchev–Trinajstić information content (AvgIpc) is 3.33. The highest BCUT2D eigenvalue weighted by Crippen LogP contribution is 2.21. The molecule has 2 aromatic heterocycles. The number of H-pyrrole nitrogens is 2. The van der Waals surface area contributed by atoms with Crippen molar-refractivity contribution in [3.05, 3.63) is 58.3 Å². The fourth-order valence-corrected chi connectivity index (χ4v) is 2.83. The summed E-state index contributed by atoms with van der Waals surface area (Å²) in [5.74, 6) is -0.692. The molecule has 8 nitrogen and oxygen atoms in total. The number of carbonyl (C=O) groups excluding carboxylic acids is 2. The first-order valence-electron chi connectivity index (χ1n) is 7.77. The lowest BCUT2D eigenvalue weighted by Crippen LogP contribution is -2.00. The van der Waals surface area contributed by atoms with Crippen molar-refractivity contribution < 1.29 is 19.1 Å². The first-order chi connectivity index (χ1) is 13.0. The molecule has 2 aromatic carbocycles. The van der Waals surface area contributed by atoms with E-state index in [4.69, 9.17) is 0 Å². The molecule has 4 rings (SSSR count). The lowest BCUT2D eigenvalue weighted by molar-refractivity contribution is 0.0592. The van der Waals surface area contributed by atoms with Crippen LogP contribution in [-0.2, 0) is 9.47 Å². The molecule has 0 aliphatic carbocycles. The maximum absolute atomic E-state index is 11.2. The van der Waals surface area contributed by atoms with E-state index in [1.165, 1.54) is 14.2 Å². The van der Waals surface area contributed by atoms with Gasteiger partial charge >= 0.3 is 11.9 Å². The summed E-state index contributed by atoms with van der Waals surface area (Å²) in [6.07, 6.45) is 1.70. The van der Waals surface area contributed by atoms with E-state index in [1.54, 1.807) is 30.5 Å². The average molecular weight is 431 g/mol. The molecule has 9 heteroatoms. The molecule has 0 fully saturated rings. The summed E-state index contributed by atoms with van der Waals surface area (Å²) < 4.78 is 10.0. The Morgan fingerprint density at radius 2 is 1.63 bits per heavy atom. The number of fused-ring (bicyclic) bond motifs is 2. The van der Waals surface area contributed by atoms with Gasteiger partial charge in [0.2, 0.25) is 0 Å². The SMILES string of the molecule is COC(=O)c1ccc2c(Br)[nH]nc2c1.COC(=O)c1ccc2cn[nH]c2c1. The third-order valence-electron chi connectivity index (χ3n) is 3.79. The minimum Gasteiger partial charge on any atom is -0.465 e. The van der Waals surface area contributed by atoms with Gasteiger partial charge in [-0.05, 0) is 46.3 Å². The Balaban J connectivity index is 0.000000156. The third kappa shape index (κ3) is 3.98. The predicted octanol–water partition coefficient (Wildman–Crippen LogP) is 3.46. The maximum atomic E-state index is 11.2. The molecule has 0 saturated carbocycles. The number of aromatic nitrogens is 4. The highest BCUT2D eigenvalue weighted by molar-refractivity contribution is 9.10. The number of benzene rings is 2. The Bertz CT molecular complexity index is 1120. The molecule has 27 heavy (non-hydrogen) atoms. The minimum atomic E-state index is -0.356. The summed E-state index contributed by atoms with van der Waals surface area (Å²) in [5.41, 5.74) is 2.60. The van der Waals surface area contributed by atoms with E-state index in [1.807, 2.05) is 12.1 Å². The van der Waals surface area contributed by atoms with Gasteiger partial charge < -0.3 is 9.47 Å². The van der Waals surface area contributed by atoms with Crippen LogP contribution in [0, 0.1) is 0 Å². The number of carbonyl (C=O) groups is 2. The van der Waals surface area contributed by atoms with Crippen LogP contribution in [0.1, 0.15) is 20.7 Å². The molecule has 2 heterocycles. The number of hydrogen-bond acceptors (Lipinski definition) is 6. The van der Waals surface area contributed by atoms with Crippen molar-refractivity contribution in [2.45, 2.75) is 0 Å². The lowest BCUT2D eigenvalue weighted by Gasteiger charge is -1.97. The van der Waals surface area contributed by atoms with Gasteiger partial charge in [0.1, 0.15) is 4.60 Å². The van der Waals surface area contributed by atoms with Gasteiger partial charge in [0.25, 0.3) is 0 Å². The first-order valence-corrected chi connectivity index (χ1v) is 8.56. The number of methoxy groups -OCH3 is 2. The van der Waals surface area contributed by atoms with Crippen molar-refractivity contribution in [3.8, 4) is 0 Å². The van der Waals surface area contributed by atoms with Crippen LogP contribution < -0.4 is 0 Å². The Labute approximate surface area is 162 Å². The van der Waals surface area contributed by atoms with E-state index in [9.17, 15) is 9.59 Å². The Morgan fingerprint density at radius 1 is 0.963 bits per heavy atom. The van der Waals surface area contributed by atoms with E-state index in [2.05, 4.69) is 45.8 Å². The number of esters is 2. The summed E-state index contributed by atoms with van der Waals surface area (Å²) in [6, 6.07) is 10.5. The molecule has 0 amide bonds. The van der Waals surface area contributed by atoms with Crippen LogP contribution in [0.4, 0.5) is 0 Å². The number of nitrogens with zero attached hydrogens (tertiary/aromatic N) is 2. The molecule has 2 N–H and O–H groups in total. The summed E-state index contributed by atoms with van der Waals surface area (Å²) >= 11 is 3.31. The number of nitrogens with one attached hydrogen (secondary N) is 2. The smallest absolute Gasteiger partial charge is 0.337 e. The molecule has 0 spiro atoms. The van der Waals surface area contributed by atoms with Crippen LogP contribution >= 0.6 is 15.9 Å². The van der Waals surface area contributed by atoms with Gasteiger partial charge in [-0.25, -0.2) is 9.59 Å². The molecule has 0 atom stereocenters. The van der Waals surface area contributed by atoms with Crippen molar-refractivity contribution in [1.82, 2.24) is 20.4 Å². The Kier molecular flexibility index (Phi) is 5.51. The Hall–Kier alpha value is -3.20. The summed E-state index contributed by atoms with van der Waals surface area (Å²) in [5, 5.41) is 15.3. The number of rotatable bonds is 2. The monoisotopic (exact) mass is 430 g/mol. The normalized spacial score (nSPS) is 10.3. The summed E-state index contributed by atoms with van der Waals surface area (Å²) in [4.78, 5) is 22.3. The second-order valence-corrected chi connectivity index (χ2v) is 6.22. The van der Waals surface area contributed by atoms with Gasteiger partial charge in [-0.2, -0.15) is 10.2 Å². The minimum absolute atomic E-state index is 0.337. The van der Waals surface area contributed by atoms with Crippen molar-refractivity contribution in [3.63, 3.8) is 0 Å². The van der Waals surface area contributed by atoms with E-state index in [-0.39, 0.29) is 11.9 Å². The number of hydrogen-bond donors (Lipinski definition) is 2. The molecule has 0 aliphatic rings.